The molecule has 0 aromatic heterocycles. The summed E-state index contributed by atoms with van der Waals surface area (Å²) in [6.45, 7) is 0.571. The fourth-order valence-electron chi connectivity index (χ4n) is 2.94. The van der Waals surface area contributed by atoms with Crippen molar-refractivity contribution >= 4 is 11.7 Å². The summed E-state index contributed by atoms with van der Waals surface area (Å²) in [7, 11) is 0. The molecule has 24 heavy (non-hydrogen) atoms. The monoisotopic (exact) mass is 335 g/mol. The van der Waals surface area contributed by atoms with E-state index in [4.69, 9.17) is 0 Å². The average molecular weight is 335 g/mol. The molecule has 1 aliphatic carbocycles. The van der Waals surface area contributed by atoms with Gasteiger partial charge in [0.15, 0.2) is 0 Å². The molecular formula is C17H25N3O4. The van der Waals surface area contributed by atoms with Crippen LogP contribution in [0.3, 0.4) is 0 Å². The quantitative estimate of drug-likeness (QED) is 0.404. The average Bonchev–Trinajstić information content (AvgIpc) is 2.57. The largest absolute Gasteiger partial charge is 0.391 e. The Bertz CT molecular complexity index is 547. The molecule has 1 aliphatic rings. The van der Waals surface area contributed by atoms with Crippen LogP contribution in [0.4, 0.5) is 10.5 Å². The molecule has 1 aromatic carbocycles. The minimum atomic E-state index is -0.438. The highest BCUT2D eigenvalue weighted by Crippen LogP contribution is 2.18. The van der Waals surface area contributed by atoms with Crippen molar-refractivity contribution < 1.29 is 14.8 Å². The lowest BCUT2D eigenvalue weighted by Crippen LogP contribution is -2.49. The first-order valence-electron chi connectivity index (χ1n) is 8.52. The van der Waals surface area contributed by atoms with Crippen LogP contribution in [-0.4, -0.2) is 34.8 Å². The number of unbranched alkanes of at least 4 members (excludes halogenated alkanes) is 1. The third kappa shape index (κ3) is 5.81. The molecular weight excluding hydrogens is 310 g/mol. The Balaban J connectivity index is 1.59. The van der Waals surface area contributed by atoms with Crippen LogP contribution in [0, 0.1) is 10.1 Å². The van der Waals surface area contributed by atoms with Gasteiger partial charge in [0.2, 0.25) is 0 Å². The number of non-ortho nitro benzene ring substituents is 1. The smallest absolute Gasteiger partial charge is 0.315 e. The second kappa shape index (κ2) is 9.22. The van der Waals surface area contributed by atoms with E-state index in [1.165, 1.54) is 12.1 Å². The molecule has 0 radical (unpaired) electrons. The Morgan fingerprint density at radius 2 is 1.92 bits per heavy atom. The molecule has 132 valence electrons. The van der Waals surface area contributed by atoms with Gasteiger partial charge >= 0.3 is 6.03 Å². The topological polar surface area (TPSA) is 104 Å². The third-order valence-corrected chi connectivity index (χ3v) is 4.37. The van der Waals surface area contributed by atoms with E-state index in [9.17, 15) is 20.0 Å². The number of carbonyl (C=O) groups is 1. The van der Waals surface area contributed by atoms with Crippen molar-refractivity contribution in [1.29, 1.82) is 0 Å². The minimum Gasteiger partial charge on any atom is -0.391 e. The van der Waals surface area contributed by atoms with Gasteiger partial charge in [0.1, 0.15) is 0 Å². The van der Waals surface area contributed by atoms with Gasteiger partial charge in [-0.25, -0.2) is 4.79 Å². The van der Waals surface area contributed by atoms with Crippen LogP contribution in [-0.2, 0) is 6.42 Å². The number of hydrogen-bond acceptors (Lipinski definition) is 4. The van der Waals surface area contributed by atoms with Gasteiger partial charge < -0.3 is 15.7 Å². The van der Waals surface area contributed by atoms with Gasteiger partial charge in [0.25, 0.3) is 5.69 Å². The molecule has 1 fully saturated rings. The summed E-state index contributed by atoms with van der Waals surface area (Å²) in [6.07, 6.45) is 5.74. The number of urea groups is 1. The number of amides is 2. The lowest BCUT2D eigenvalue weighted by molar-refractivity contribution is -0.384. The normalized spacial score (nSPS) is 20.4. The minimum absolute atomic E-state index is 0.0991. The molecule has 0 heterocycles. The second-order valence-electron chi connectivity index (χ2n) is 6.24. The summed E-state index contributed by atoms with van der Waals surface area (Å²) < 4.78 is 0. The van der Waals surface area contributed by atoms with Crippen molar-refractivity contribution in [3.63, 3.8) is 0 Å². The number of nitrogens with one attached hydrogen (secondary N) is 2. The van der Waals surface area contributed by atoms with Crippen molar-refractivity contribution in [2.24, 2.45) is 0 Å². The zero-order valence-corrected chi connectivity index (χ0v) is 13.7. The SMILES string of the molecule is O=C(NCCCCc1ccc([N+](=O)[O-])cc1)NC1CCCCC1O. The van der Waals surface area contributed by atoms with E-state index in [2.05, 4.69) is 10.6 Å². The van der Waals surface area contributed by atoms with Gasteiger partial charge in [-0.05, 0) is 37.7 Å². The highest BCUT2D eigenvalue weighted by Gasteiger charge is 2.24. The highest BCUT2D eigenvalue weighted by atomic mass is 16.6. The second-order valence-corrected chi connectivity index (χ2v) is 6.24. The van der Waals surface area contributed by atoms with Gasteiger partial charge in [-0.3, -0.25) is 10.1 Å². The molecule has 2 atom stereocenters. The van der Waals surface area contributed by atoms with E-state index in [1.54, 1.807) is 12.1 Å². The highest BCUT2D eigenvalue weighted by molar-refractivity contribution is 5.74. The Morgan fingerprint density at radius 1 is 1.21 bits per heavy atom. The molecule has 0 saturated heterocycles. The van der Waals surface area contributed by atoms with Gasteiger partial charge in [0, 0.05) is 18.7 Å². The molecule has 0 spiro atoms. The number of benzene rings is 1. The summed E-state index contributed by atoms with van der Waals surface area (Å²) in [5, 5.41) is 26.0. The van der Waals surface area contributed by atoms with Crippen molar-refractivity contribution in [3.8, 4) is 0 Å². The number of carbonyl (C=O) groups excluding carboxylic acids is 1. The molecule has 0 aliphatic heterocycles. The number of aryl methyl sites for hydroxylation is 1. The van der Waals surface area contributed by atoms with Gasteiger partial charge in [0.05, 0.1) is 17.1 Å². The van der Waals surface area contributed by atoms with Gasteiger partial charge in [-0.2, -0.15) is 0 Å². The van der Waals surface area contributed by atoms with E-state index >= 15 is 0 Å². The number of aliphatic hydroxyl groups excluding tert-OH is 1. The summed E-state index contributed by atoms with van der Waals surface area (Å²) in [4.78, 5) is 22.0. The maximum atomic E-state index is 11.8. The summed E-state index contributed by atoms with van der Waals surface area (Å²) >= 11 is 0. The van der Waals surface area contributed by atoms with E-state index in [1.807, 2.05) is 0 Å². The maximum Gasteiger partial charge on any atom is 0.315 e. The number of nitrogens with zero attached hydrogens (tertiary/aromatic N) is 1. The first-order chi connectivity index (χ1) is 11.6. The first kappa shape index (κ1) is 18.2. The molecule has 0 bridgehead atoms. The number of hydrogen-bond donors (Lipinski definition) is 3. The zero-order chi connectivity index (χ0) is 17.4. The van der Waals surface area contributed by atoms with E-state index in [0.29, 0.717) is 6.54 Å². The van der Waals surface area contributed by atoms with Gasteiger partial charge in [-0.1, -0.05) is 25.0 Å². The van der Waals surface area contributed by atoms with E-state index < -0.39 is 11.0 Å². The van der Waals surface area contributed by atoms with Crippen molar-refractivity contribution in [2.45, 2.75) is 57.1 Å². The standard InChI is InChI=1S/C17H25N3O4/c21-16-7-2-1-6-15(16)19-17(22)18-12-4-3-5-13-8-10-14(11-9-13)20(23)24/h8-11,15-16,21H,1-7,12H2,(H2,18,19,22). The molecule has 7 heteroatoms. The molecule has 2 rings (SSSR count). The number of nitro benzene ring substituents is 1. The Kier molecular flexibility index (Phi) is 6.99. The van der Waals surface area contributed by atoms with E-state index in [0.717, 1.165) is 50.5 Å². The number of rotatable bonds is 7. The van der Waals surface area contributed by atoms with Crippen LogP contribution in [0.2, 0.25) is 0 Å². The molecule has 7 nitrogen and oxygen atoms in total. The van der Waals surface area contributed by atoms with Crippen molar-refractivity contribution in [1.82, 2.24) is 10.6 Å². The molecule has 3 N–H and O–H groups in total. The van der Waals surface area contributed by atoms with Crippen LogP contribution in [0.1, 0.15) is 44.1 Å². The predicted molar refractivity (Wildman–Crippen MR) is 90.8 cm³/mol. The van der Waals surface area contributed by atoms with Crippen molar-refractivity contribution in [3.05, 3.63) is 39.9 Å². The van der Waals surface area contributed by atoms with Crippen molar-refractivity contribution in [2.75, 3.05) is 6.54 Å². The Morgan fingerprint density at radius 3 is 2.58 bits per heavy atom. The first-order valence-corrected chi connectivity index (χ1v) is 8.52. The third-order valence-electron chi connectivity index (χ3n) is 4.37. The fourth-order valence-corrected chi connectivity index (χ4v) is 2.94. The fraction of sp³-hybridized carbons (Fsp3) is 0.588. The van der Waals surface area contributed by atoms with E-state index in [-0.39, 0.29) is 17.8 Å². The lowest BCUT2D eigenvalue weighted by atomic mass is 9.93. The Labute approximate surface area is 141 Å². The van der Waals surface area contributed by atoms with Crippen LogP contribution in [0.15, 0.2) is 24.3 Å². The number of nitro groups is 1. The molecule has 1 aromatic rings. The van der Waals surface area contributed by atoms with Crippen LogP contribution >= 0.6 is 0 Å². The number of aliphatic hydroxyl groups is 1. The molecule has 2 unspecified atom stereocenters. The summed E-state index contributed by atoms with van der Waals surface area (Å²) in [5.74, 6) is 0. The predicted octanol–water partition coefficient (Wildman–Crippen LogP) is 2.52. The Hall–Kier alpha value is -2.15. The zero-order valence-electron chi connectivity index (χ0n) is 13.7. The molecule has 2 amide bonds. The van der Waals surface area contributed by atoms with Crippen LogP contribution in [0.5, 0.6) is 0 Å². The lowest BCUT2D eigenvalue weighted by Gasteiger charge is -2.28. The summed E-state index contributed by atoms with van der Waals surface area (Å²) in [6, 6.07) is 6.19. The summed E-state index contributed by atoms with van der Waals surface area (Å²) in [5.41, 5.74) is 1.15. The van der Waals surface area contributed by atoms with Crippen LogP contribution in [0.25, 0.3) is 0 Å². The van der Waals surface area contributed by atoms with Gasteiger partial charge in [-0.15, -0.1) is 0 Å². The van der Waals surface area contributed by atoms with Crippen LogP contribution < -0.4 is 10.6 Å². The maximum absolute atomic E-state index is 11.8. The molecule has 1 saturated carbocycles.